The van der Waals surface area contributed by atoms with Crippen LogP contribution in [0.3, 0.4) is 0 Å². The minimum atomic E-state index is -3.54. The Balaban J connectivity index is 2.59. The van der Waals surface area contributed by atoms with Crippen LogP contribution in [0, 0.1) is 12.9 Å². The molecule has 0 aliphatic carbocycles. The van der Waals surface area contributed by atoms with Gasteiger partial charge >= 0.3 is 0 Å². The maximum atomic E-state index is 14.6. The molecule has 1 unspecified atom stereocenters. The lowest BCUT2D eigenvalue weighted by molar-refractivity contribution is -0.176. The lowest BCUT2D eigenvalue weighted by Gasteiger charge is -2.35. The van der Waals surface area contributed by atoms with Gasteiger partial charge in [0.25, 0.3) is 5.92 Å². The topological polar surface area (TPSA) is 58.0 Å². The molecule has 0 spiro atoms. The molecule has 158 valence electrons. The van der Waals surface area contributed by atoms with Crippen molar-refractivity contribution in [1.82, 2.24) is 9.88 Å². The number of hydrogen-bond acceptors (Lipinski definition) is 4. The molecular weight excluding hydrogens is 383 g/mol. The number of pyridine rings is 1. The molecule has 8 heteroatoms. The second-order valence-corrected chi connectivity index (χ2v) is 7.07. The first kappa shape index (κ1) is 22.7. The number of hydrogen-bond donors (Lipinski definition) is 1. The van der Waals surface area contributed by atoms with E-state index in [2.05, 4.69) is 9.98 Å². The van der Waals surface area contributed by atoms with Gasteiger partial charge in [0.05, 0.1) is 19.1 Å². The van der Waals surface area contributed by atoms with Crippen LogP contribution < -0.4 is 4.74 Å². The number of alkyl halides is 2. The van der Waals surface area contributed by atoms with Gasteiger partial charge < -0.3 is 14.7 Å². The summed E-state index contributed by atoms with van der Waals surface area (Å²) >= 11 is 0. The fourth-order valence-corrected chi connectivity index (χ4v) is 2.89. The van der Waals surface area contributed by atoms with Crippen molar-refractivity contribution in [3.05, 3.63) is 53.1 Å². The standard InChI is InChI=1S/C21H26F3N3O2/c1-6-27(4)13-26-17-11-18(29-5)16(9-14(17)2)21(28,20(3,23)24)12-15-7-8-25-19(22)10-15/h7-11,13,28H,6,12H2,1-5H3/b26-13+. The number of methoxy groups -OCH3 is 1. The largest absolute Gasteiger partial charge is 0.496 e. The molecule has 2 rings (SSSR count). The van der Waals surface area contributed by atoms with Crippen LogP contribution in [0.5, 0.6) is 5.75 Å². The predicted octanol–water partition coefficient (Wildman–Crippen LogP) is 4.23. The lowest BCUT2D eigenvalue weighted by Crippen LogP contribution is -2.45. The summed E-state index contributed by atoms with van der Waals surface area (Å²) in [5, 5.41) is 11.1. The number of rotatable bonds is 8. The fourth-order valence-electron chi connectivity index (χ4n) is 2.89. The second-order valence-electron chi connectivity index (χ2n) is 7.07. The number of aliphatic imine (C=N–C) groups is 1. The molecule has 0 amide bonds. The fraction of sp³-hybridized carbons (Fsp3) is 0.429. The van der Waals surface area contributed by atoms with Gasteiger partial charge in [0.2, 0.25) is 5.95 Å². The highest BCUT2D eigenvalue weighted by Crippen LogP contribution is 2.45. The Morgan fingerprint density at radius 2 is 2.00 bits per heavy atom. The van der Waals surface area contributed by atoms with E-state index in [1.807, 2.05) is 18.9 Å². The molecule has 1 aromatic carbocycles. The molecule has 2 aromatic rings. The van der Waals surface area contributed by atoms with E-state index >= 15 is 0 Å². The number of benzene rings is 1. The molecule has 1 N–H and O–H groups in total. The van der Waals surface area contributed by atoms with Crippen molar-refractivity contribution in [2.75, 3.05) is 20.7 Å². The first-order chi connectivity index (χ1) is 13.5. The predicted molar refractivity (Wildman–Crippen MR) is 107 cm³/mol. The van der Waals surface area contributed by atoms with Crippen molar-refractivity contribution < 1.29 is 23.0 Å². The zero-order chi connectivity index (χ0) is 21.8. The van der Waals surface area contributed by atoms with Gasteiger partial charge in [-0.1, -0.05) is 0 Å². The molecule has 0 aliphatic rings. The van der Waals surface area contributed by atoms with Gasteiger partial charge in [0.1, 0.15) is 5.75 Å². The quantitative estimate of drug-likeness (QED) is 0.403. The monoisotopic (exact) mass is 409 g/mol. The van der Waals surface area contributed by atoms with Gasteiger partial charge in [-0.15, -0.1) is 0 Å². The minimum Gasteiger partial charge on any atom is -0.496 e. The first-order valence-electron chi connectivity index (χ1n) is 9.16. The Morgan fingerprint density at radius 3 is 2.55 bits per heavy atom. The van der Waals surface area contributed by atoms with E-state index in [0.717, 1.165) is 12.6 Å². The molecule has 1 heterocycles. The van der Waals surface area contributed by atoms with Crippen LogP contribution in [-0.2, 0) is 12.0 Å². The van der Waals surface area contributed by atoms with E-state index in [9.17, 15) is 18.3 Å². The molecule has 1 atom stereocenters. The highest BCUT2D eigenvalue weighted by molar-refractivity contribution is 5.65. The summed E-state index contributed by atoms with van der Waals surface area (Å²) in [6.07, 6.45) is 2.28. The average Bonchev–Trinajstić information content (AvgIpc) is 2.65. The van der Waals surface area contributed by atoms with E-state index in [1.54, 1.807) is 13.3 Å². The zero-order valence-corrected chi connectivity index (χ0v) is 17.2. The van der Waals surface area contributed by atoms with Gasteiger partial charge in [-0.3, -0.25) is 0 Å². The smallest absolute Gasteiger partial charge is 0.278 e. The van der Waals surface area contributed by atoms with Crippen molar-refractivity contribution in [2.24, 2.45) is 4.99 Å². The third-order valence-corrected chi connectivity index (χ3v) is 4.83. The van der Waals surface area contributed by atoms with E-state index in [4.69, 9.17) is 4.74 Å². The van der Waals surface area contributed by atoms with E-state index < -0.39 is 23.9 Å². The molecule has 0 radical (unpaired) electrons. The molecule has 0 bridgehead atoms. The van der Waals surface area contributed by atoms with Gasteiger partial charge in [0, 0.05) is 44.8 Å². The zero-order valence-electron chi connectivity index (χ0n) is 17.2. The molecular formula is C21H26F3N3O2. The number of ether oxygens (including phenoxy) is 1. The van der Waals surface area contributed by atoms with Gasteiger partial charge in [-0.2, -0.15) is 4.39 Å². The summed E-state index contributed by atoms with van der Waals surface area (Å²) in [5.41, 5.74) is -1.41. The van der Waals surface area contributed by atoms with Crippen LogP contribution in [0.15, 0.2) is 35.5 Å². The van der Waals surface area contributed by atoms with Crippen LogP contribution in [0.4, 0.5) is 18.9 Å². The Labute approximate surface area is 168 Å². The molecule has 5 nitrogen and oxygen atoms in total. The van der Waals surface area contributed by atoms with Crippen LogP contribution in [0.25, 0.3) is 0 Å². The van der Waals surface area contributed by atoms with E-state index in [0.29, 0.717) is 18.2 Å². The number of halogens is 3. The number of aliphatic hydroxyl groups is 1. The summed E-state index contributed by atoms with van der Waals surface area (Å²) in [4.78, 5) is 9.64. The molecule has 0 saturated carbocycles. The molecule has 0 fully saturated rings. The Kier molecular flexibility index (Phi) is 6.89. The molecule has 1 aromatic heterocycles. The van der Waals surface area contributed by atoms with E-state index in [1.165, 1.54) is 31.5 Å². The maximum Gasteiger partial charge on any atom is 0.278 e. The van der Waals surface area contributed by atoms with Crippen LogP contribution in [0.2, 0.25) is 0 Å². The van der Waals surface area contributed by atoms with E-state index in [-0.39, 0.29) is 16.9 Å². The van der Waals surface area contributed by atoms with Crippen molar-refractivity contribution in [2.45, 2.75) is 38.7 Å². The second kappa shape index (κ2) is 8.82. The Morgan fingerprint density at radius 1 is 1.31 bits per heavy atom. The number of nitrogens with zero attached hydrogens (tertiary/aromatic N) is 3. The van der Waals surface area contributed by atoms with Gasteiger partial charge in [0.15, 0.2) is 5.60 Å². The molecule has 0 aliphatic heterocycles. The third-order valence-electron chi connectivity index (χ3n) is 4.83. The Bertz CT molecular complexity index is 884. The number of aromatic nitrogens is 1. The third kappa shape index (κ3) is 5.06. The highest BCUT2D eigenvalue weighted by Gasteiger charge is 2.51. The van der Waals surface area contributed by atoms with Gasteiger partial charge in [-0.25, -0.2) is 18.8 Å². The van der Waals surface area contributed by atoms with Crippen molar-refractivity contribution in [3.8, 4) is 5.75 Å². The first-order valence-corrected chi connectivity index (χ1v) is 9.16. The SMILES string of the molecule is CCN(C)/C=N/c1cc(OC)c(C(O)(Cc2ccnc(F)c2)C(C)(F)F)cc1C. The Hall–Kier alpha value is -2.61. The minimum absolute atomic E-state index is 0.0699. The van der Waals surface area contributed by atoms with Crippen LogP contribution in [0.1, 0.15) is 30.5 Å². The van der Waals surface area contributed by atoms with Crippen molar-refractivity contribution in [3.63, 3.8) is 0 Å². The maximum absolute atomic E-state index is 14.6. The van der Waals surface area contributed by atoms with Crippen LogP contribution in [-0.4, -0.2) is 48.0 Å². The summed E-state index contributed by atoms with van der Waals surface area (Å²) in [6, 6.07) is 5.36. The molecule has 29 heavy (non-hydrogen) atoms. The summed E-state index contributed by atoms with van der Waals surface area (Å²) in [6.45, 7) is 5.06. The number of aryl methyl sites for hydroxylation is 1. The highest BCUT2D eigenvalue weighted by atomic mass is 19.3. The lowest BCUT2D eigenvalue weighted by atomic mass is 9.81. The van der Waals surface area contributed by atoms with Gasteiger partial charge in [-0.05, 0) is 43.2 Å². The normalized spacial score (nSPS) is 14.1. The molecule has 0 saturated heterocycles. The summed E-state index contributed by atoms with van der Waals surface area (Å²) < 4.78 is 48.0. The summed E-state index contributed by atoms with van der Waals surface area (Å²) in [5.74, 6) is -4.28. The summed E-state index contributed by atoms with van der Waals surface area (Å²) in [7, 11) is 3.19. The van der Waals surface area contributed by atoms with Crippen molar-refractivity contribution in [1.29, 1.82) is 0 Å². The average molecular weight is 409 g/mol. The van der Waals surface area contributed by atoms with Crippen LogP contribution >= 0.6 is 0 Å². The van der Waals surface area contributed by atoms with Crippen molar-refractivity contribution >= 4 is 12.0 Å².